The van der Waals surface area contributed by atoms with Gasteiger partial charge in [-0.15, -0.1) is 0 Å². The van der Waals surface area contributed by atoms with Gasteiger partial charge < -0.3 is 10.2 Å². The molecule has 0 saturated carbocycles. The summed E-state index contributed by atoms with van der Waals surface area (Å²) in [5.74, 6) is -1.78. The van der Waals surface area contributed by atoms with Crippen LogP contribution in [0, 0.1) is 11.6 Å². The molecule has 18 heavy (non-hydrogen) atoms. The van der Waals surface area contributed by atoms with E-state index in [0.717, 1.165) is 37.6 Å². The van der Waals surface area contributed by atoms with E-state index in [1.807, 2.05) is 0 Å². The number of carbonyl (C=O) groups is 1. The second-order valence-electron chi connectivity index (χ2n) is 4.60. The van der Waals surface area contributed by atoms with Crippen LogP contribution in [0.2, 0.25) is 0 Å². The van der Waals surface area contributed by atoms with Crippen LogP contribution in [0.3, 0.4) is 0 Å². The molecule has 0 aliphatic carbocycles. The summed E-state index contributed by atoms with van der Waals surface area (Å²) >= 11 is 0. The Morgan fingerprint density at radius 3 is 2.94 bits per heavy atom. The quantitative estimate of drug-likeness (QED) is 0.892. The lowest BCUT2D eigenvalue weighted by molar-refractivity contribution is 0.0778. The number of halogens is 2. The van der Waals surface area contributed by atoms with Crippen LogP contribution in [0.25, 0.3) is 0 Å². The van der Waals surface area contributed by atoms with Gasteiger partial charge in [-0.2, -0.15) is 0 Å². The summed E-state index contributed by atoms with van der Waals surface area (Å²) < 4.78 is 26.5. The third-order valence-electron chi connectivity index (χ3n) is 3.16. The molecule has 0 spiro atoms. The molecule has 1 aromatic rings. The number of amides is 1. The van der Waals surface area contributed by atoms with Gasteiger partial charge in [-0.25, -0.2) is 8.78 Å². The summed E-state index contributed by atoms with van der Waals surface area (Å²) in [7, 11) is 1.60. The van der Waals surface area contributed by atoms with E-state index in [1.165, 1.54) is 4.90 Å². The van der Waals surface area contributed by atoms with Crippen molar-refractivity contribution >= 4 is 5.91 Å². The van der Waals surface area contributed by atoms with Gasteiger partial charge in [0.1, 0.15) is 11.6 Å². The summed E-state index contributed by atoms with van der Waals surface area (Å²) in [4.78, 5) is 13.4. The van der Waals surface area contributed by atoms with Crippen LogP contribution in [0.5, 0.6) is 0 Å². The molecule has 1 fully saturated rings. The van der Waals surface area contributed by atoms with Gasteiger partial charge in [0.15, 0.2) is 0 Å². The zero-order valence-corrected chi connectivity index (χ0v) is 10.2. The largest absolute Gasteiger partial charge is 0.340 e. The van der Waals surface area contributed by atoms with Crippen LogP contribution in [0.15, 0.2) is 18.2 Å². The number of hydrogen-bond acceptors (Lipinski definition) is 2. The van der Waals surface area contributed by atoms with Crippen molar-refractivity contribution in [3.63, 3.8) is 0 Å². The predicted octanol–water partition coefficient (Wildman–Crippen LogP) is 1.79. The standard InChI is InChI=1S/C13H16F2N2O/c1-17(8-10-3-2-6-16-10)13(18)11-7-9(14)4-5-12(11)15/h4-5,7,10,16H,2-3,6,8H2,1H3. The molecule has 1 aliphatic rings. The number of carbonyl (C=O) groups excluding carboxylic acids is 1. The monoisotopic (exact) mass is 254 g/mol. The molecule has 1 aliphatic heterocycles. The Labute approximate surface area is 105 Å². The highest BCUT2D eigenvalue weighted by Gasteiger charge is 2.21. The van der Waals surface area contributed by atoms with Crippen LogP contribution in [0.4, 0.5) is 8.78 Å². The number of rotatable bonds is 3. The Morgan fingerprint density at radius 2 is 2.28 bits per heavy atom. The highest BCUT2D eigenvalue weighted by atomic mass is 19.1. The van der Waals surface area contributed by atoms with Crippen molar-refractivity contribution in [3.8, 4) is 0 Å². The molecule has 3 nitrogen and oxygen atoms in total. The van der Waals surface area contributed by atoms with Crippen LogP contribution in [0.1, 0.15) is 23.2 Å². The first-order chi connectivity index (χ1) is 8.58. The van der Waals surface area contributed by atoms with Crippen molar-refractivity contribution in [2.75, 3.05) is 20.1 Å². The van der Waals surface area contributed by atoms with Gasteiger partial charge in [0, 0.05) is 19.6 Å². The Bertz CT molecular complexity index is 445. The molecule has 1 atom stereocenters. The van der Waals surface area contributed by atoms with E-state index in [0.29, 0.717) is 6.54 Å². The summed E-state index contributed by atoms with van der Waals surface area (Å²) in [5, 5.41) is 3.26. The zero-order valence-electron chi connectivity index (χ0n) is 10.2. The van der Waals surface area contributed by atoms with Gasteiger partial charge in [0.25, 0.3) is 5.91 Å². The Morgan fingerprint density at radius 1 is 1.50 bits per heavy atom. The maximum atomic E-state index is 13.5. The van der Waals surface area contributed by atoms with E-state index in [-0.39, 0.29) is 11.6 Å². The molecular formula is C13H16F2N2O. The highest BCUT2D eigenvalue weighted by Crippen LogP contribution is 2.13. The molecular weight excluding hydrogens is 238 g/mol. The topological polar surface area (TPSA) is 32.3 Å². The smallest absolute Gasteiger partial charge is 0.256 e. The van der Waals surface area contributed by atoms with Gasteiger partial charge in [0.2, 0.25) is 0 Å². The van der Waals surface area contributed by atoms with Crippen molar-refractivity contribution in [1.29, 1.82) is 0 Å². The van der Waals surface area contributed by atoms with Crippen molar-refractivity contribution in [2.45, 2.75) is 18.9 Å². The first kappa shape index (κ1) is 13.0. The molecule has 1 N–H and O–H groups in total. The van der Waals surface area contributed by atoms with Gasteiger partial charge in [-0.3, -0.25) is 4.79 Å². The minimum Gasteiger partial charge on any atom is -0.340 e. The number of nitrogens with zero attached hydrogens (tertiary/aromatic N) is 1. The first-order valence-corrected chi connectivity index (χ1v) is 6.02. The molecule has 0 bridgehead atoms. The fraction of sp³-hybridized carbons (Fsp3) is 0.462. The van der Waals surface area contributed by atoms with Crippen LogP contribution >= 0.6 is 0 Å². The minimum absolute atomic E-state index is 0.213. The second kappa shape index (κ2) is 5.44. The third-order valence-corrected chi connectivity index (χ3v) is 3.16. The molecule has 0 aromatic heterocycles. The van der Waals surface area contributed by atoms with Crippen molar-refractivity contribution in [3.05, 3.63) is 35.4 Å². The minimum atomic E-state index is -0.687. The molecule has 1 unspecified atom stereocenters. The fourth-order valence-corrected chi connectivity index (χ4v) is 2.19. The van der Waals surface area contributed by atoms with E-state index in [9.17, 15) is 13.6 Å². The number of nitrogens with one attached hydrogen (secondary N) is 1. The number of benzene rings is 1. The zero-order chi connectivity index (χ0) is 13.1. The van der Waals surface area contributed by atoms with Crippen molar-refractivity contribution in [2.24, 2.45) is 0 Å². The molecule has 0 radical (unpaired) electrons. The maximum Gasteiger partial charge on any atom is 0.256 e. The molecule has 1 heterocycles. The van der Waals surface area contributed by atoms with Gasteiger partial charge in [-0.1, -0.05) is 0 Å². The normalized spacial score (nSPS) is 18.9. The van der Waals surface area contributed by atoms with E-state index < -0.39 is 17.5 Å². The average molecular weight is 254 g/mol. The lowest BCUT2D eigenvalue weighted by atomic mass is 10.1. The molecule has 98 valence electrons. The maximum absolute atomic E-state index is 13.5. The number of hydrogen-bond donors (Lipinski definition) is 1. The lowest BCUT2D eigenvalue weighted by Crippen LogP contribution is -2.39. The van der Waals surface area contributed by atoms with E-state index in [2.05, 4.69) is 5.32 Å². The van der Waals surface area contributed by atoms with Crippen molar-refractivity contribution < 1.29 is 13.6 Å². The van der Waals surface area contributed by atoms with Crippen LogP contribution < -0.4 is 5.32 Å². The van der Waals surface area contributed by atoms with Crippen molar-refractivity contribution in [1.82, 2.24) is 10.2 Å². The summed E-state index contributed by atoms with van der Waals surface area (Å²) in [6, 6.07) is 3.17. The van der Waals surface area contributed by atoms with E-state index in [1.54, 1.807) is 7.05 Å². The lowest BCUT2D eigenvalue weighted by Gasteiger charge is -2.21. The number of likely N-dealkylation sites (N-methyl/N-ethyl adjacent to an activating group) is 1. The molecule has 1 saturated heterocycles. The molecule has 1 amide bonds. The summed E-state index contributed by atoms with van der Waals surface area (Å²) in [6.45, 7) is 1.45. The highest BCUT2D eigenvalue weighted by molar-refractivity contribution is 5.94. The summed E-state index contributed by atoms with van der Waals surface area (Å²) in [5.41, 5.74) is -0.213. The first-order valence-electron chi connectivity index (χ1n) is 6.02. The molecule has 5 heteroatoms. The Balaban J connectivity index is 2.07. The Kier molecular flexibility index (Phi) is 3.91. The van der Waals surface area contributed by atoms with E-state index in [4.69, 9.17) is 0 Å². The average Bonchev–Trinajstić information content (AvgIpc) is 2.84. The van der Waals surface area contributed by atoms with Crippen LogP contribution in [-0.2, 0) is 0 Å². The van der Waals surface area contributed by atoms with Gasteiger partial charge in [-0.05, 0) is 37.6 Å². The molecule has 2 rings (SSSR count). The molecule has 1 aromatic carbocycles. The Hall–Kier alpha value is -1.49. The third kappa shape index (κ3) is 2.85. The second-order valence-corrected chi connectivity index (χ2v) is 4.60. The fourth-order valence-electron chi connectivity index (χ4n) is 2.19. The van der Waals surface area contributed by atoms with Crippen LogP contribution in [-0.4, -0.2) is 37.0 Å². The SMILES string of the molecule is CN(CC1CCCN1)C(=O)c1cc(F)ccc1F. The van der Waals surface area contributed by atoms with Gasteiger partial charge >= 0.3 is 0 Å². The summed E-state index contributed by atoms with van der Waals surface area (Å²) in [6.07, 6.45) is 2.09. The predicted molar refractivity (Wildman–Crippen MR) is 64.3 cm³/mol. The van der Waals surface area contributed by atoms with Gasteiger partial charge in [0.05, 0.1) is 5.56 Å². The van der Waals surface area contributed by atoms with E-state index >= 15 is 0 Å².